The molecule has 5 nitrogen and oxygen atoms in total. The number of rotatable bonds is 4. The van der Waals surface area contributed by atoms with Crippen LogP contribution in [-0.2, 0) is 4.79 Å². The summed E-state index contributed by atoms with van der Waals surface area (Å²) < 4.78 is 5.26. The smallest absolute Gasteiger partial charge is 0.224 e. The van der Waals surface area contributed by atoms with Crippen molar-refractivity contribution in [3.63, 3.8) is 0 Å². The molecule has 1 aliphatic heterocycles. The zero-order valence-corrected chi connectivity index (χ0v) is 12.4. The maximum Gasteiger partial charge on any atom is 0.224 e. The molecule has 6 heteroatoms. The molecule has 1 aromatic heterocycles. The van der Waals surface area contributed by atoms with Crippen LogP contribution in [0.25, 0.3) is 11.3 Å². The fourth-order valence-electron chi connectivity index (χ4n) is 2.47. The number of carbonyl (C=O) groups excluding carboxylic acids is 1. The van der Waals surface area contributed by atoms with Gasteiger partial charge in [0.05, 0.1) is 6.20 Å². The van der Waals surface area contributed by atoms with Gasteiger partial charge in [0.1, 0.15) is 0 Å². The Morgan fingerprint density at radius 3 is 3.10 bits per heavy atom. The van der Waals surface area contributed by atoms with Gasteiger partial charge in [0.25, 0.3) is 0 Å². The zero-order chi connectivity index (χ0) is 13.8. The van der Waals surface area contributed by atoms with E-state index in [0.717, 1.165) is 30.8 Å². The van der Waals surface area contributed by atoms with Crippen molar-refractivity contribution in [1.82, 2.24) is 10.3 Å². The summed E-state index contributed by atoms with van der Waals surface area (Å²) in [5.74, 6) is 1.21. The maximum atomic E-state index is 12.0. The monoisotopic (exact) mass is 307 g/mol. The first-order valence-corrected chi connectivity index (χ1v) is 6.81. The summed E-state index contributed by atoms with van der Waals surface area (Å²) in [6.07, 6.45) is 4.70. The number of halogens is 1. The van der Waals surface area contributed by atoms with Crippen molar-refractivity contribution in [2.45, 2.75) is 12.8 Å². The summed E-state index contributed by atoms with van der Waals surface area (Å²) in [5.41, 5.74) is 1.69. The SMILES string of the molecule is Cl.O=C(CC1CCNC1)Nc1cccc(-c2cnco2)c1. The van der Waals surface area contributed by atoms with Gasteiger partial charge in [-0.1, -0.05) is 12.1 Å². The van der Waals surface area contributed by atoms with Crippen molar-refractivity contribution in [3.05, 3.63) is 36.9 Å². The molecule has 1 aliphatic rings. The lowest BCUT2D eigenvalue weighted by molar-refractivity contribution is -0.116. The average molecular weight is 308 g/mol. The Balaban J connectivity index is 0.00000161. The number of benzene rings is 1. The normalized spacial score (nSPS) is 17.2. The summed E-state index contributed by atoms with van der Waals surface area (Å²) in [6, 6.07) is 7.59. The van der Waals surface area contributed by atoms with E-state index in [-0.39, 0.29) is 18.3 Å². The number of hydrogen-bond acceptors (Lipinski definition) is 4. The van der Waals surface area contributed by atoms with Gasteiger partial charge in [-0.15, -0.1) is 12.4 Å². The van der Waals surface area contributed by atoms with E-state index in [2.05, 4.69) is 15.6 Å². The molecule has 3 rings (SSSR count). The number of carbonyl (C=O) groups is 1. The highest BCUT2D eigenvalue weighted by Crippen LogP contribution is 2.22. The van der Waals surface area contributed by atoms with E-state index in [0.29, 0.717) is 18.1 Å². The van der Waals surface area contributed by atoms with Gasteiger partial charge in [-0.25, -0.2) is 4.98 Å². The molecule has 1 amide bonds. The molecule has 2 heterocycles. The number of oxazole rings is 1. The summed E-state index contributed by atoms with van der Waals surface area (Å²) in [6.45, 7) is 1.95. The van der Waals surface area contributed by atoms with Crippen LogP contribution in [0.2, 0.25) is 0 Å². The third-order valence-electron chi connectivity index (χ3n) is 3.50. The first kappa shape index (κ1) is 15.5. The third-order valence-corrected chi connectivity index (χ3v) is 3.50. The second kappa shape index (κ2) is 7.24. The summed E-state index contributed by atoms with van der Waals surface area (Å²) in [5, 5.41) is 6.21. The van der Waals surface area contributed by atoms with Crippen LogP contribution in [0.4, 0.5) is 5.69 Å². The van der Waals surface area contributed by atoms with Gasteiger partial charge >= 0.3 is 0 Å². The highest BCUT2D eigenvalue weighted by atomic mass is 35.5. The van der Waals surface area contributed by atoms with Gasteiger partial charge in [0, 0.05) is 17.7 Å². The predicted molar refractivity (Wildman–Crippen MR) is 83.4 cm³/mol. The van der Waals surface area contributed by atoms with E-state index in [4.69, 9.17) is 4.42 Å². The molecule has 1 atom stereocenters. The molecular weight excluding hydrogens is 290 g/mol. The minimum Gasteiger partial charge on any atom is -0.444 e. The Bertz CT molecular complexity index is 580. The van der Waals surface area contributed by atoms with Crippen molar-refractivity contribution >= 4 is 24.0 Å². The van der Waals surface area contributed by atoms with Crippen molar-refractivity contribution < 1.29 is 9.21 Å². The van der Waals surface area contributed by atoms with Crippen LogP contribution in [0.1, 0.15) is 12.8 Å². The molecule has 2 N–H and O–H groups in total. The van der Waals surface area contributed by atoms with E-state index < -0.39 is 0 Å². The highest BCUT2D eigenvalue weighted by molar-refractivity contribution is 5.91. The van der Waals surface area contributed by atoms with E-state index in [9.17, 15) is 4.79 Å². The van der Waals surface area contributed by atoms with Gasteiger partial charge < -0.3 is 15.1 Å². The maximum absolute atomic E-state index is 12.0. The standard InChI is InChI=1S/C15H17N3O2.ClH/c19-15(6-11-4-5-16-8-11)18-13-3-1-2-12(7-13)14-9-17-10-20-14;/h1-3,7,9-11,16H,4-6,8H2,(H,18,19);1H. The van der Waals surface area contributed by atoms with Crippen LogP contribution in [0, 0.1) is 5.92 Å². The Kier molecular flexibility index (Phi) is 5.36. The highest BCUT2D eigenvalue weighted by Gasteiger charge is 2.18. The number of amides is 1. The third kappa shape index (κ3) is 4.06. The second-order valence-corrected chi connectivity index (χ2v) is 5.06. The number of nitrogens with one attached hydrogen (secondary N) is 2. The Morgan fingerprint density at radius 2 is 2.38 bits per heavy atom. The minimum absolute atomic E-state index is 0. The van der Waals surface area contributed by atoms with Gasteiger partial charge in [-0.3, -0.25) is 4.79 Å². The Labute approximate surface area is 129 Å². The summed E-state index contributed by atoms with van der Waals surface area (Å²) in [4.78, 5) is 15.9. The minimum atomic E-state index is 0. The average Bonchev–Trinajstić information content (AvgIpc) is 3.11. The molecule has 0 spiro atoms. The van der Waals surface area contributed by atoms with E-state index >= 15 is 0 Å². The number of aromatic nitrogens is 1. The van der Waals surface area contributed by atoms with Crippen LogP contribution >= 0.6 is 12.4 Å². The first-order chi connectivity index (χ1) is 9.81. The topological polar surface area (TPSA) is 67.2 Å². The van der Waals surface area contributed by atoms with Crippen molar-refractivity contribution in [1.29, 1.82) is 0 Å². The van der Waals surface area contributed by atoms with E-state index in [1.165, 1.54) is 6.39 Å². The molecule has 1 unspecified atom stereocenters. The lowest BCUT2D eigenvalue weighted by Gasteiger charge is -2.09. The van der Waals surface area contributed by atoms with E-state index in [1.807, 2.05) is 24.3 Å². The molecular formula is C15H18ClN3O2. The molecule has 21 heavy (non-hydrogen) atoms. The van der Waals surface area contributed by atoms with Gasteiger partial charge in [0.15, 0.2) is 12.2 Å². The van der Waals surface area contributed by atoms with E-state index in [1.54, 1.807) is 6.20 Å². The molecule has 2 aromatic rings. The molecule has 0 aliphatic carbocycles. The summed E-state index contributed by atoms with van der Waals surface area (Å²) in [7, 11) is 0. The molecule has 1 fully saturated rings. The van der Waals surface area contributed by atoms with Crippen LogP contribution in [-0.4, -0.2) is 24.0 Å². The summed E-state index contributed by atoms with van der Waals surface area (Å²) >= 11 is 0. The van der Waals surface area contributed by atoms with Crippen molar-refractivity contribution in [2.24, 2.45) is 5.92 Å². The van der Waals surface area contributed by atoms with Crippen molar-refractivity contribution in [3.8, 4) is 11.3 Å². The zero-order valence-electron chi connectivity index (χ0n) is 11.5. The molecule has 0 radical (unpaired) electrons. The molecule has 1 saturated heterocycles. The Morgan fingerprint density at radius 1 is 1.48 bits per heavy atom. The second-order valence-electron chi connectivity index (χ2n) is 5.06. The molecule has 1 aromatic carbocycles. The predicted octanol–water partition coefficient (Wildman–Crippen LogP) is 2.70. The number of hydrogen-bond donors (Lipinski definition) is 2. The molecule has 112 valence electrons. The quantitative estimate of drug-likeness (QED) is 0.911. The number of anilines is 1. The van der Waals surface area contributed by atoms with Crippen LogP contribution in [0.15, 0.2) is 41.3 Å². The lowest BCUT2D eigenvalue weighted by Crippen LogP contribution is -2.18. The number of nitrogens with zero attached hydrogens (tertiary/aromatic N) is 1. The van der Waals surface area contributed by atoms with Gasteiger partial charge in [-0.05, 0) is 37.6 Å². The van der Waals surface area contributed by atoms with Crippen LogP contribution in [0.3, 0.4) is 0 Å². The van der Waals surface area contributed by atoms with Gasteiger partial charge in [-0.2, -0.15) is 0 Å². The van der Waals surface area contributed by atoms with Crippen LogP contribution < -0.4 is 10.6 Å². The Hall–Kier alpha value is -1.85. The van der Waals surface area contributed by atoms with Gasteiger partial charge in [0.2, 0.25) is 5.91 Å². The fourth-order valence-corrected chi connectivity index (χ4v) is 2.47. The first-order valence-electron chi connectivity index (χ1n) is 6.81. The fraction of sp³-hybridized carbons (Fsp3) is 0.333. The molecule has 0 bridgehead atoms. The van der Waals surface area contributed by atoms with Crippen molar-refractivity contribution in [2.75, 3.05) is 18.4 Å². The molecule has 0 saturated carbocycles. The lowest BCUT2D eigenvalue weighted by atomic mass is 10.0. The largest absolute Gasteiger partial charge is 0.444 e. The van der Waals surface area contributed by atoms with Crippen LogP contribution in [0.5, 0.6) is 0 Å².